The number of hydrogen-bond acceptors (Lipinski definition) is 4. The van der Waals surface area contributed by atoms with Crippen LogP contribution in [0.15, 0.2) is 82.2 Å². The van der Waals surface area contributed by atoms with Crippen LogP contribution in [-0.2, 0) is 14.8 Å². The van der Waals surface area contributed by atoms with Gasteiger partial charge in [0, 0.05) is 10.2 Å². The molecule has 0 heterocycles. The van der Waals surface area contributed by atoms with Crippen molar-refractivity contribution in [2.24, 2.45) is 0 Å². The van der Waals surface area contributed by atoms with Gasteiger partial charge in [-0.25, -0.2) is 8.42 Å². The number of benzene rings is 3. The highest BCUT2D eigenvalue weighted by atomic mass is 79.9. The minimum absolute atomic E-state index is 0.0120. The number of anilines is 1. The number of carbonyl (C=O) groups is 1. The number of rotatable bonds is 8. The highest BCUT2D eigenvalue weighted by molar-refractivity contribution is 9.10. The maximum Gasteiger partial charge on any atom is 0.261 e. The van der Waals surface area contributed by atoms with Gasteiger partial charge in [0.2, 0.25) is 0 Å². The molecule has 0 saturated heterocycles. The van der Waals surface area contributed by atoms with Crippen molar-refractivity contribution in [3.63, 3.8) is 0 Å². The third kappa shape index (κ3) is 6.46. The van der Waals surface area contributed by atoms with E-state index in [0.29, 0.717) is 5.69 Å². The van der Waals surface area contributed by atoms with Gasteiger partial charge in [-0.05, 0) is 55.0 Å². The Bertz CT molecular complexity index is 1160. The maximum absolute atomic E-state index is 12.5. The topological polar surface area (TPSA) is 84.5 Å². The van der Waals surface area contributed by atoms with Crippen LogP contribution in [-0.4, -0.2) is 20.9 Å². The summed E-state index contributed by atoms with van der Waals surface area (Å²) in [4.78, 5) is 12.2. The summed E-state index contributed by atoms with van der Waals surface area (Å²) in [6.07, 6.45) is 0. The van der Waals surface area contributed by atoms with E-state index in [1.54, 1.807) is 30.3 Å². The number of sulfonamides is 1. The van der Waals surface area contributed by atoms with Crippen LogP contribution >= 0.6 is 27.5 Å². The van der Waals surface area contributed by atoms with Crippen molar-refractivity contribution in [2.45, 2.75) is 17.9 Å². The van der Waals surface area contributed by atoms with Crippen LogP contribution in [0.3, 0.4) is 0 Å². The summed E-state index contributed by atoms with van der Waals surface area (Å²) in [5.41, 5.74) is 1.39. The Morgan fingerprint density at radius 1 is 1.06 bits per heavy atom. The number of amides is 1. The van der Waals surface area contributed by atoms with Crippen LogP contribution in [0, 0.1) is 0 Å². The largest absolute Gasteiger partial charge is 0.482 e. The van der Waals surface area contributed by atoms with Crippen LogP contribution < -0.4 is 14.8 Å². The second-order valence-corrected chi connectivity index (χ2v) is 9.70. The Balaban J connectivity index is 1.60. The Hall–Kier alpha value is -2.55. The van der Waals surface area contributed by atoms with Crippen LogP contribution in [0.2, 0.25) is 5.02 Å². The number of hydrogen-bond donors (Lipinski definition) is 2. The van der Waals surface area contributed by atoms with E-state index in [0.717, 1.165) is 10.0 Å². The third-order valence-corrected chi connectivity index (χ3v) is 6.55. The average Bonchev–Trinajstić information content (AvgIpc) is 2.73. The molecule has 1 atom stereocenters. The van der Waals surface area contributed by atoms with Crippen molar-refractivity contribution in [3.8, 4) is 5.75 Å². The zero-order valence-electron chi connectivity index (χ0n) is 16.5. The standard InChI is InChI=1S/C22H20BrClN2O4S/c1-15(16-7-9-17(23)10-8-16)25-22(27)14-30-21-12-11-19(13-20(21)24)31(28,29)26-18-5-3-2-4-6-18/h2-13,15,26H,14H2,1H3,(H,25,27)/t15-/m0/s1. The minimum Gasteiger partial charge on any atom is -0.482 e. The van der Waals surface area contributed by atoms with Crippen LogP contribution in [0.5, 0.6) is 5.75 Å². The first kappa shape index (κ1) is 23.1. The van der Waals surface area contributed by atoms with E-state index in [4.69, 9.17) is 16.3 Å². The highest BCUT2D eigenvalue weighted by Gasteiger charge is 2.17. The SMILES string of the molecule is C[C@H](NC(=O)COc1ccc(S(=O)(=O)Nc2ccccc2)cc1Cl)c1ccc(Br)cc1. The molecule has 0 spiro atoms. The molecule has 0 saturated carbocycles. The molecule has 9 heteroatoms. The second kappa shape index (κ2) is 10.2. The molecule has 162 valence electrons. The molecule has 2 N–H and O–H groups in total. The predicted octanol–water partition coefficient (Wildman–Crippen LogP) is 5.16. The van der Waals surface area contributed by atoms with Gasteiger partial charge in [0.25, 0.3) is 15.9 Å². The van der Waals surface area contributed by atoms with E-state index in [2.05, 4.69) is 26.0 Å². The van der Waals surface area contributed by atoms with Crippen LogP contribution in [0.1, 0.15) is 18.5 Å². The lowest BCUT2D eigenvalue weighted by Crippen LogP contribution is -2.31. The first-order valence-corrected chi connectivity index (χ1v) is 11.9. The first-order valence-electron chi connectivity index (χ1n) is 9.29. The smallest absolute Gasteiger partial charge is 0.261 e. The second-order valence-electron chi connectivity index (χ2n) is 6.69. The summed E-state index contributed by atoms with van der Waals surface area (Å²) < 4.78 is 34.0. The van der Waals surface area contributed by atoms with Gasteiger partial charge in [-0.2, -0.15) is 0 Å². The fourth-order valence-corrected chi connectivity index (χ4v) is 4.40. The van der Waals surface area contributed by atoms with Crippen molar-refractivity contribution in [3.05, 3.63) is 87.9 Å². The van der Waals surface area contributed by atoms with Gasteiger partial charge in [-0.3, -0.25) is 9.52 Å². The van der Waals surface area contributed by atoms with E-state index in [1.807, 2.05) is 31.2 Å². The normalized spacial score (nSPS) is 12.1. The Kier molecular flexibility index (Phi) is 7.59. The van der Waals surface area contributed by atoms with E-state index in [-0.39, 0.29) is 34.2 Å². The Labute approximate surface area is 194 Å². The Morgan fingerprint density at radius 2 is 1.74 bits per heavy atom. The van der Waals surface area contributed by atoms with Gasteiger partial charge in [-0.15, -0.1) is 0 Å². The number of para-hydroxylation sites is 1. The number of carbonyl (C=O) groups excluding carboxylic acids is 1. The number of ether oxygens (including phenoxy) is 1. The molecule has 3 aromatic rings. The molecule has 0 radical (unpaired) electrons. The monoisotopic (exact) mass is 522 g/mol. The third-order valence-electron chi connectivity index (χ3n) is 4.35. The van der Waals surface area contributed by atoms with Crippen molar-refractivity contribution in [1.29, 1.82) is 0 Å². The van der Waals surface area contributed by atoms with E-state index in [9.17, 15) is 13.2 Å². The molecule has 0 aliphatic carbocycles. The molecule has 3 aromatic carbocycles. The maximum atomic E-state index is 12.5. The van der Waals surface area contributed by atoms with Gasteiger partial charge in [-0.1, -0.05) is 57.9 Å². The van der Waals surface area contributed by atoms with E-state index < -0.39 is 10.0 Å². The Morgan fingerprint density at radius 3 is 2.39 bits per heavy atom. The lowest BCUT2D eigenvalue weighted by Gasteiger charge is -2.15. The number of halogens is 2. The fraction of sp³-hybridized carbons (Fsp3) is 0.136. The van der Waals surface area contributed by atoms with Crippen molar-refractivity contribution in [2.75, 3.05) is 11.3 Å². The van der Waals surface area contributed by atoms with Crippen molar-refractivity contribution in [1.82, 2.24) is 5.32 Å². The summed E-state index contributed by atoms with van der Waals surface area (Å²) in [5, 5.41) is 2.93. The highest BCUT2D eigenvalue weighted by Crippen LogP contribution is 2.28. The molecule has 0 aliphatic heterocycles. The summed E-state index contributed by atoms with van der Waals surface area (Å²) in [5.74, 6) is -0.110. The van der Waals surface area contributed by atoms with Gasteiger partial charge in [0.05, 0.1) is 16.0 Å². The first-order chi connectivity index (χ1) is 14.7. The lowest BCUT2D eigenvalue weighted by molar-refractivity contribution is -0.123. The van der Waals surface area contributed by atoms with Gasteiger partial charge in [0.15, 0.2) is 6.61 Å². The summed E-state index contributed by atoms with van der Waals surface area (Å²) in [6.45, 7) is 1.61. The quantitative estimate of drug-likeness (QED) is 0.427. The summed E-state index contributed by atoms with van der Waals surface area (Å²) >= 11 is 9.56. The molecule has 31 heavy (non-hydrogen) atoms. The molecule has 0 unspecified atom stereocenters. The molecule has 0 bridgehead atoms. The molecule has 0 aliphatic rings. The molecular formula is C22H20BrClN2O4S. The molecule has 0 fully saturated rings. The summed E-state index contributed by atoms with van der Waals surface area (Å²) in [7, 11) is -3.81. The molecule has 1 amide bonds. The van der Waals surface area contributed by atoms with Gasteiger partial charge in [0.1, 0.15) is 5.75 Å². The summed E-state index contributed by atoms with van der Waals surface area (Å²) in [6, 6.07) is 20.0. The molecule has 3 rings (SSSR count). The van der Waals surface area contributed by atoms with E-state index >= 15 is 0 Å². The minimum atomic E-state index is -3.81. The average molecular weight is 524 g/mol. The van der Waals surface area contributed by atoms with Crippen LogP contribution in [0.25, 0.3) is 0 Å². The van der Waals surface area contributed by atoms with E-state index in [1.165, 1.54) is 18.2 Å². The fourth-order valence-electron chi connectivity index (χ4n) is 2.75. The predicted molar refractivity (Wildman–Crippen MR) is 125 cm³/mol. The van der Waals surface area contributed by atoms with Gasteiger partial charge >= 0.3 is 0 Å². The zero-order valence-corrected chi connectivity index (χ0v) is 19.7. The van der Waals surface area contributed by atoms with Crippen molar-refractivity contribution >= 4 is 49.1 Å². The van der Waals surface area contributed by atoms with Crippen molar-refractivity contribution < 1.29 is 17.9 Å². The van der Waals surface area contributed by atoms with Gasteiger partial charge < -0.3 is 10.1 Å². The number of nitrogens with one attached hydrogen (secondary N) is 2. The zero-order chi connectivity index (χ0) is 22.4. The molecular weight excluding hydrogens is 504 g/mol. The molecule has 6 nitrogen and oxygen atoms in total. The van der Waals surface area contributed by atoms with Crippen LogP contribution in [0.4, 0.5) is 5.69 Å². The molecule has 0 aromatic heterocycles. The lowest BCUT2D eigenvalue weighted by atomic mass is 10.1.